The Hall–Kier alpha value is -2.49. The molecule has 4 heteroatoms. The summed E-state index contributed by atoms with van der Waals surface area (Å²) in [5.41, 5.74) is 3.10. The molecule has 0 fully saturated rings. The molecule has 0 unspecified atom stereocenters. The lowest BCUT2D eigenvalue weighted by atomic mass is 10.2. The molecule has 126 valence electrons. The summed E-state index contributed by atoms with van der Waals surface area (Å²) in [5, 5.41) is 15.3. The Balaban J connectivity index is 1.79. The van der Waals surface area contributed by atoms with Gasteiger partial charge in [-0.1, -0.05) is 62.6 Å². The van der Waals surface area contributed by atoms with E-state index in [0.29, 0.717) is 6.54 Å². The van der Waals surface area contributed by atoms with E-state index in [-0.39, 0.29) is 5.75 Å². The predicted molar refractivity (Wildman–Crippen MR) is 95.9 cm³/mol. The van der Waals surface area contributed by atoms with Crippen molar-refractivity contribution >= 4 is 17.0 Å². The number of H-pyrrole nitrogens is 1. The summed E-state index contributed by atoms with van der Waals surface area (Å²) in [4.78, 5) is 3.44. The van der Waals surface area contributed by atoms with Gasteiger partial charge in [-0.05, 0) is 24.1 Å². The zero-order chi connectivity index (χ0) is 16.8. The molecule has 0 bridgehead atoms. The topological polar surface area (TPSA) is 54.8 Å². The van der Waals surface area contributed by atoms with Crippen LogP contribution in [0, 0.1) is 0 Å². The van der Waals surface area contributed by atoms with Crippen molar-refractivity contribution in [3.05, 3.63) is 54.1 Å². The molecule has 3 rings (SSSR count). The van der Waals surface area contributed by atoms with Crippen LogP contribution < -0.4 is 15.0 Å². The van der Waals surface area contributed by atoms with Gasteiger partial charge in [0, 0.05) is 0 Å². The molecule has 2 N–H and O–H groups in total. The van der Waals surface area contributed by atoms with Gasteiger partial charge in [0.15, 0.2) is 0 Å². The Morgan fingerprint density at radius 3 is 2.62 bits per heavy atom. The average Bonchev–Trinajstić information content (AvgIpc) is 2.96. The highest BCUT2D eigenvalue weighted by Gasteiger charge is 2.16. The molecule has 0 atom stereocenters. The lowest BCUT2D eigenvalue weighted by Gasteiger charge is -2.11. The number of aromatic amines is 1. The molecule has 0 saturated carbocycles. The average molecular weight is 323 g/mol. The van der Waals surface area contributed by atoms with Crippen molar-refractivity contribution in [2.24, 2.45) is 0 Å². The lowest BCUT2D eigenvalue weighted by Crippen LogP contribution is -2.36. The minimum atomic E-state index is 0.0793. The third kappa shape index (κ3) is 3.70. The van der Waals surface area contributed by atoms with Crippen molar-refractivity contribution in [3.63, 3.8) is 0 Å². The number of nitrogens with zero attached hydrogens (tertiary/aromatic N) is 1. The summed E-state index contributed by atoms with van der Waals surface area (Å²) < 4.78 is 2.29. The standard InChI is InChI=1S/C20H25N3O/c1-2-3-4-9-14-23-18-12-7-6-11-17(18)22-20(23)21-15-16-10-5-8-13-19(16)24/h5-8,10-13H,2-4,9,14-15H2,1H3,(H2,21,22,24). The number of benzene rings is 2. The highest BCUT2D eigenvalue weighted by atomic mass is 16.3. The molecule has 0 amide bonds. The van der Waals surface area contributed by atoms with E-state index < -0.39 is 0 Å². The van der Waals surface area contributed by atoms with Crippen molar-refractivity contribution in [3.8, 4) is 5.75 Å². The number of anilines is 1. The molecule has 0 aliphatic rings. The highest BCUT2D eigenvalue weighted by Crippen LogP contribution is 2.16. The number of para-hydroxylation sites is 3. The van der Waals surface area contributed by atoms with Gasteiger partial charge in [-0.2, -0.15) is 0 Å². The van der Waals surface area contributed by atoms with Gasteiger partial charge in [0.2, 0.25) is 0 Å². The second-order valence-corrected chi connectivity index (χ2v) is 6.16. The molecule has 0 radical (unpaired) electrons. The van der Waals surface area contributed by atoms with E-state index in [1.54, 1.807) is 12.1 Å². The zero-order valence-electron chi connectivity index (χ0n) is 14.2. The number of fused-ring (bicyclic) bond motifs is 1. The smallest absolute Gasteiger partial charge is 0.356 e. The normalized spacial score (nSPS) is 11.0. The van der Waals surface area contributed by atoms with E-state index in [0.717, 1.165) is 30.0 Å². The van der Waals surface area contributed by atoms with Crippen LogP contribution in [0.15, 0.2) is 48.5 Å². The molecule has 1 heterocycles. The molecular weight excluding hydrogens is 298 g/mol. The fourth-order valence-electron chi connectivity index (χ4n) is 3.03. The van der Waals surface area contributed by atoms with Crippen LogP contribution in [0.5, 0.6) is 5.75 Å². The third-order valence-electron chi connectivity index (χ3n) is 4.37. The van der Waals surface area contributed by atoms with E-state index in [1.165, 1.54) is 24.8 Å². The maximum atomic E-state index is 11.9. The van der Waals surface area contributed by atoms with Gasteiger partial charge >= 0.3 is 5.95 Å². The molecule has 0 aliphatic heterocycles. The summed E-state index contributed by atoms with van der Waals surface area (Å²) in [6.07, 6.45) is 4.91. The maximum Gasteiger partial charge on any atom is 0.356 e. The van der Waals surface area contributed by atoms with Crippen LogP contribution >= 0.6 is 0 Å². The Morgan fingerprint density at radius 2 is 1.79 bits per heavy atom. The molecule has 0 aliphatic carbocycles. The van der Waals surface area contributed by atoms with Crippen LogP contribution in [0.2, 0.25) is 0 Å². The molecule has 0 spiro atoms. The van der Waals surface area contributed by atoms with Crippen LogP contribution in [0.25, 0.3) is 11.0 Å². The minimum Gasteiger partial charge on any atom is -0.872 e. The summed E-state index contributed by atoms with van der Waals surface area (Å²) in [5.74, 6) is 1.05. The maximum absolute atomic E-state index is 11.9. The lowest BCUT2D eigenvalue weighted by molar-refractivity contribution is -0.657. The first kappa shape index (κ1) is 16.4. The first-order valence-electron chi connectivity index (χ1n) is 8.79. The number of nitrogens with one attached hydrogen (secondary N) is 2. The number of rotatable bonds is 8. The van der Waals surface area contributed by atoms with Gasteiger partial charge in [-0.25, -0.2) is 9.55 Å². The summed E-state index contributed by atoms with van der Waals surface area (Å²) in [6.45, 7) is 3.74. The second-order valence-electron chi connectivity index (χ2n) is 6.16. The Bertz CT molecular complexity index is 794. The van der Waals surface area contributed by atoms with Crippen LogP contribution in [-0.4, -0.2) is 4.98 Å². The SMILES string of the molecule is CCCCCC[n+]1c(NCc2ccccc2[O-])[nH]c2ccccc21. The number of unbranched alkanes of at least 4 members (excludes halogenated alkanes) is 3. The van der Waals surface area contributed by atoms with Crippen LogP contribution in [-0.2, 0) is 13.1 Å². The fourth-order valence-corrected chi connectivity index (χ4v) is 3.03. The van der Waals surface area contributed by atoms with Gasteiger partial charge < -0.3 is 5.11 Å². The molecule has 4 nitrogen and oxygen atoms in total. The summed E-state index contributed by atoms with van der Waals surface area (Å²) >= 11 is 0. The van der Waals surface area contributed by atoms with Gasteiger partial charge in [0.1, 0.15) is 11.0 Å². The van der Waals surface area contributed by atoms with Crippen molar-refractivity contribution in [1.82, 2.24) is 4.98 Å². The van der Waals surface area contributed by atoms with Crippen molar-refractivity contribution in [1.29, 1.82) is 0 Å². The number of imidazole rings is 1. The predicted octanol–water partition coefficient (Wildman–Crippen LogP) is 3.72. The summed E-state index contributed by atoms with van der Waals surface area (Å²) in [7, 11) is 0. The van der Waals surface area contributed by atoms with E-state index in [4.69, 9.17) is 0 Å². The largest absolute Gasteiger partial charge is 0.872 e. The molecular formula is C20H25N3O. The van der Waals surface area contributed by atoms with Gasteiger partial charge in [-0.3, -0.25) is 5.32 Å². The third-order valence-corrected chi connectivity index (χ3v) is 4.37. The van der Waals surface area contributed by atoms with E-state index in [2.05, 4.69) is 40.0 Å². The summed E-state index contributed by atoms with van der Waals surface area (Å²) in [6, 6.07) is 15.5. The Morgan fingerprint density at radius 1 is 1.00 bits per heavy atom. The van der Waals surface area contributed by atoms with Crippen LogP contribution in [0.3, 0.4) is 0 Å². The first-order chi connectivity index (χ1) is 11.8. The number of hydrogen-bond donors (Lipinski definition) is 2. The monoisotopic (exact) mass is 323 g/mol. The highest BCUT2D eigenvalue weighted by molar-refractivity contribution is 5.72. The Labute approximate surface area is 143 Å². The molecule has 24 heavy (non-hydrogen) atoms. The molecule has 3 aromatic rings. The van der Waals surface area contributed by atoms with Crippen molar-refractivity contribution in [2.75, 3.05) is 5.32 Å². The van der Waals surface area contributed by atoms with E-state index in [9.17, 15) is 5.11 Å². The van der Waals surface area contributed by atoms with E-state index in [1.807, 2.05) is 18.2 Å². The minimum absolute atomic E-state index is 0.0793. The number of aromatic nitrogens is 2. The first-order valence-corrected chi connectivity index (χ1v) is 8.79. The van der Waals surface area contributed by atoms with Crippen molar-refractivity contribution in [2.45, 2.75) is 45.7 Å². The molecule has 2 aromatic carbocycles. The van der Waals surface area contributed by atoms with E-state index >= 15 is 0 Å². The van der Waals surface area contributed by atoms with Crippen LogP contribution in [0.4, 0.5) is 5.95 Å². The van der Waals surface area contributed by atoms with Crippen LogP contribution in [0.1, 0.15) is 38.2 Å². The number of hydrogen-bond acceptors (Lipinski definition) is 2. The van der Waals surface area contributed by atoms with Gasteiger partial charge in [-0.15, -0.1) is 5.75 Å². The number of aryl methyl sites for hydroxylation is 1. The van der Waals surface area contributed by atoms with Gasteiger partial charge in [0.05, 0.1) is 13.1 Å². The fraction of sp³-hybridized carbons (Fsp3) is 0.350. The molecule has 0 saturated heterocycles. The zero-order valence-corrected chi connectivity index (χ0v) is 14.2. The van der Waals surface area contributed by atoms with Gasteiger partial charge in [0.25, 0.3) is 0 Å². The van der Waals surface area contributed by atoms with Crippen molar-refractivity contribution < 1.29 is 9.67 Å². The quantitative estimate of drug-likeness (QED) is 0.490. The second kappa shape index (κ2) is 7.86. The Kier molecular flexibility index (Phi) is 5.36. The molecule has 1 aromatic heterocycles.